The predicted octanol–water partition coefficient (Wildman–Crippen LogP) is 1.74. The van der Waals surface area contributed by atoms with E-state index in [1.54, 1.807) is 17.0 Å². The minimum atomic E-state index is -0.290. The molecule has 0 spiro atoms. The maximum atomic E-state index is 12.2. The number of carbonyl (C=O) groups is 2. The average Bonchev–Trinajstić information content (AvgIpc) is 2.82. The summed E-state index contributed by atoms with van der Waals surface area (Å²) < 4.78 is 5.45. The van der Waals surface area contributed by atoms with Gasteiger partial charge in [-0.1, -0.05) is 12.1 Å². The van der Waals surface area contributed by atoms with Crippen LogP contribution in [0.25, 0.3) is 0 Å². The molecule has 0 radical (unpaired) electrons. The van der Waals surface area contributed by atoms with Crippen LogP contribution in [0, 0.1) is 0 Å². The molecule has 6 nitrogen and oxygen atoms in total. The topological polar surface area (TPSA) is 61.9 Å². The number of amides is 3. The third-order valence-electron chi connectivity index (χ3n) is 3.12. The Morgan fingerprint density at radius 1 is 1.35 bits per heavy atom. The Morgan fingerprint density at radius 2 is 2.10 bits per heavy atom. The quantitative estimate of drug-likeness (QED) is 0.912. The number of hydrogen-bond donors (Lipinski definition) is 1. The van der Waals surface area contributed by atoms with Crippen molar-refractivity contribution in [3.05, 3.63) is 24.3 Å². The van der Waals surface area contributed by atoms with E-state index in [9.17, 15) is 9.59 Å². The number of ether oxygens (including phenoxy) is 1. The lowest BCUT2D eigenvalue weighted by atomic mass is 10.3. The van der Waals surface area contributed by atoms with Crippen molar-refractivity contribution in [2.45, 2.75) is 13.8 Å². The molecule has 1 heterocycles. The van der Waals surface area contributed by atoms with Crippen LogP contribution < -0.4 is 10.1 Å². The van der Waals surface area contributed by atoms with Crippen LogP contribution in [0.1, 0.15) is 13.8 Å². The van der Waals surface area contributed by atoms with Crippen LogP contribution in [-0.2, 0) is 4.79 Å². The van der Waals surface area contributed by atoms with Gasteiger partial charge in [0.25, 0.3) is 0 Å². The molecule has 1 saturated heterocycles. The van der Waals surface area contributed by atoms with E-state index in [1.807, 2.05) is 26.0 Å². The number of para-hydroxylation sites is 2. The summed E-state index contributed by atoms with van der Waals surface area (Å²) in [5, 5.41) is 2.79. The Bertz CT molecular complexity index is 504. The molecule has 0 saturated carbocycles. The molecule has 1 N–H and O–H groups in total. The molecular weight excluding hydrogens is 258 g/mol. The van der Waals surface area contributed by atoms with E-state index in [0.29, 0.717) is 31.3 Å². The first kappa shape index (κ1) is 14.2. The van der Waals surface area contributed by atoms with Gasteiger partial charge in [-0.3, -0.25) is 9.69 Å². The molecule has 0 aromatic heterocycles. The summed E-state index contributed by atoms with van der Waals surface area (Å²) in [6.45, 7) is 5.37. The highest BCUT2D eigenvalue weighted by molar-refractivity contribution is 5.95. The molecule has 1 aromatic rings. The second kappa shape index (κ2) is 6.27. The molecule has 20 heavy (non-hydrogen) atoms. The van der Waals surface area contributed by atoms with Gasteiger partial charge >= 0.3 is 6.03 Å². The maximum absolute atomic E-state index is 12.2. The van der Waals surface area contributed by atoms with Crippen molar-refractivity contribution >= 4 is 17.6 Å². The number of hydrogen-bond acceptors (Lipinski definition) is 3. The fraction of sp³-hybridized carbons (Fsp3) is 0.429. The lowest BCUT2D eigenvalue weighted by Crippen LogP contribution is -2.34. The monoisotopic (exact) mass is 277 g/mol. The number of nitrogens with zero attached hydrogens (tertiary/aromatic N) is 2. The molecule has 6 heteroatoms. The van der Waals surface area contributed by atoms with Crippen molar-refractivity contribution in [2.75, 3.05) is 31.7 Å². The van der Waals surface area contributed by atoms with Crippen LogP contribution in [0.5, 0.6) is 5.75 Å². The zero-order chi connectivity index (χ0) is 14.5. The molecule has 1 aliphatic rings. The van der Waals surface area contributed by atoms with Gasteiger partial charge in [0.2, 0.25) is 5.91 Å². The minimum absolute atomic E-state index is 0.0271. The van der Waals surface area contributed by atoms with Gasteiger partial charge in [-0.25, -0.2) is 4.79 Å². The van der Waals surface area contributed by atoms with Gasteiger partial charge in [0.1, 0.15) is 12.3 Å². The number of rotatable bonds is 4. The SMILES string of the molecule is CCOc1ccccc1NC(=O)N1CC(=O)N(CC)C1. The molecule has 0 unspecified atom stereocenters. The Balaban J connectivity index is 2.03. The second-order valence-corrected chi connectivity index (χ2v) is 4.45. The number of likely N-dealkylation sites (N-methyl/N-ethyl adjacent to an activating group) is 1. The summed E-state index contributed by atoms with van der Waals surface area (Å²) in [6.07, 6.45) is 0. The summed E-state index contributed by atoms with van der Waals surface area (Å²) in [5.41, 5.74) is 0.613. The lowest BCUT2D eigenvalue weighted by molar-refractivity contribution is -0.126. The normalized spacial score (nSPS) is 14.6. The zero-order valence-electron chi connectivity index (χ0n) is 11.8. The van der Waals surface area contributed by atoms with Gasteiger partial charge in [-0.05, 0) is 26.0 Å². The number of urea groups is 1. The van der Waals surface area contributed by atoms with E-state index < -0.39 is 0 Å². The van der Waals surface area contributed by atoms with Crippen molar-refractivity contribution in [3.63, 3.8) is 0 Å². The first-order valence-corrected chi connectivity index (χ1v) is 6.71. The first-order valence-electron chi connectivity index (χ1n) is 6.71. The fourth-order valence-corrected chi connectivity index (χ4v) is 2.06. The van der Waals surface area contributed by atoms with Gasteiger partial charge in [0.15, 0.2) is 0 Å². The summed E-state index contributed by atoms with van der Waals surface area (Å²) in [6, 6.07) is 6.96. The van der Waals surface area contributed by atoms with Crippen LogP contribution in [0.3, 0.4) is 0 Å². The number of nitrogens with one attached hydrogen (secondary N) is 1. The molecule has 1 aromatic carbocycles. The molecule has 108 valence electrons. The van der Waals surface area contributed by atoms with Crippen LogP contribution in [0.15, 0.2) is 24.3 Å². The van der Waals surface area contributed by atoms with Crippen LogP contribution >= 0.6 is 0 Å². The van der Waals surface area contributed by atoms with E-state index in [1.165, 1.54) is 4.90 Å². The van der Waals surface area contributed by atoms with Gasteiger partial charge < -0.3 is 15.0 Å². The summed E-state index contributed by atoms with van der Waals surface area (Å²) in [4.78, 5) is 26.9. The molecular formula is C14H19N3O3. The average molecular weight is 277 g/mol. The Morgan fingerprint density at radius 3 is 2.75 bits per heavy atom. The fourth-order valence-electron chi connectivity index (χ4n) is 2.06. The Hall–Kier alpha value is -2.24. The first-order chi connectivity index (χ1) is 9.65. The molecule has 0 atom stereocenters. The van der Waals surface area contributed by atoms with Crippen LogP contribution in [0.2, 0.25) is 0 Å². The highest BCUT2D eigenvalue weighted by atomic mass is 16.5. The second-order valence-electron chi connectivity index (χ2n) is 4.45. The maximum Gasteiger partial charge on any atom is 0.323 e. The van der Waals surface area contributed by atoms with Crippen molar-refractivity contribution in [2.24, 2.45) is 0 Å². The third kappa shape index (κ3) is 3.01. The third-order valence-corrected chi connectivity index (χ3v) is 3.12. The summed E-state index contributed by atoms with van der Waals surface area (Å²) >= 11 is 0. The predicted molar refractivity (Wildman–Crippen MR) is 75.6 cm³/mol. The zero-order valence-corrected chi connectivity index (χ0v) is 11.8. The van der Waals surface area contributed by atoms with E-state index in [2.05, 4.69) is 5.32 Å². The van der Waals surface area contributed by atoms with E-state index in [-0.39, 0.29) is 18.5 Å². The van der Waals surface area contributed by atoms with Crippen molar-refractivity contribution in [3.8, 4) is 5.75 Å². The summed E-state index contributed by atoms with van der Waals surface area (Å²) in [7, 11) is 0. The molecule has 2 rings (SSSR count). The number of benzene rings is 1. The Kier molecular flexibility index (Phi) is 4.45. The van der Waals surface area contributed by atoms with Gasteiger partial charge in [-0.2, -0.15) is 0 Å². The highest BCUT2D eigenvalue weighted by Gasteiger charge is 2.29. The van der Waals surface area contributed by atoms with E-state index in [0.717, 1.165) is 0 Å². The number of anilines is 1. The van der Waals surface area contributed by atoms with Crippen LogP contribution in [0.4, 0.5) is 10.5 Å². The van der Waals surface area contributed by atoms with Crippen molar-refractivity contribution in [1.29, 1.82) is 0 Å². The van der Waals surface area contributed by atoms with Crippen molar-refractivity contribution < 1.29 is 14.3 Å². The minimum Gasteiger partial charge on any atom is -0.492 e. The molecule has 0 aliphatic carbocycles. The van der Waals surface area contributed by atoms with Gasteiger partial charge in [0.05, 0.1) is 19.0 Å². The lowest BCUT2D eigenvalue weighted by Gasteiger charge is -2.18. The highest BCUT2D eigenvalue weighted by Crippen LogP contribution is 2.24. The van der Waals surface area contributed by atoms with Crippen molar-refractivity contribution in [1.82, 2.24) is 9.80 Å². The summed E-state index contributed by atoms with van der Waals surface area (Å²) in [5.74, 6) is 0.599. The Labute approximate surface area is 118 Å². The standard InChI is InChI=1S/C14H19N3O3/c1-3-16-10-17(9-13(16)18)14(19)15-11-7-5-6-8-12(11)20-4-2/h5-8H,3-4,9-10H2,1-2H3,(H,15,19). The van der Waals surface area contributed by atoms with E-state index in [4.69, 9.17) is 4.74 Å². The van der Waals surface area contributed by atoms with E-state index >= 15 is 0 Å². The smallest absolute Gasteiger partial charge is 0.323 e. The molecule has 1 fully saturated rings. The molecule has 0 bridgehead atoms. The van der Waals surface area contributed by atoms with Crippen LogP contribution in [-0.4, -0.2) is 48.1 Å². The molecule has 3 amide bonds. The number of carbonyl (C=O) groups excluding carboxylic acids is 2. The van der Waals surface area contributed by atoms with Gasteiger partial charge in [0, 0.05) is 6.54 Å². The molecule has 1 aliphatic heterocycles. The largest absolute Gasteiger partial charge is 0.492 e. The van der Waals surface area contributed by atoms with Gasteiger partial charge in [-0.15, -0.1) is 0 Å².